The molecule has 0 aromatic heterocycles. The second-order valence-corrected chi connectivity index (χ2v) is 6.35. The fraction of sp³-hybridized carbons (Fsp3) is 0.611. The topological polar surface area (TPSA) is 55.8 Å². The number of carbonyl (C=O) groups is 1. The van der Waals surface area contributed by atoms with Crippen molar-refractivity contribution in [3.05, 3.63) is 35.6 Å². The summed E-state index contributed by atoms with van der Waals surface area (Å²) in [7, 11) is 0. The van der Waals surface area contributed by atoms with Crippen LogP contribution in [0.2, 0.25) is 0 Å². The number of aliphatic hydroxyl groups excluding tert-OH is 1. The fourth-order valence-corrected chi connectivity index (χ4v) is 3.07. The molecule has 0 spiro atoms. The van der Waals surface area contributed by atoms with Gasteiger partial charge in [-0.2, -0.15) is 0 Å². The summed E-state index contributed by atoms with van der Waals surface area (Å²) in [6.07, 6.45) is 3.39. The first-order chi connectivity index (χ1) is 11.6. The molecular weight excluding hydrogens is 309 g/mol. The highest BCUT2D eigenvalue weighted by Crippen LogP contribution is 2.13. The number of likely N-dealkylation sites (tertiary alicyclic amines) is 1. The summed E-state index contributed by atoms with van der Waals surface area (Å²) in [4.78, 5) is 16.2. The molecule has 5 nitrogen and oxygen atoms in total. The number of nitrogens with zero attached hydrogens (tertiary/aromatic N) is 2. The molecule has 1 heterocycles. The Morgan fingerprint density at radius 3 is 2.75 bits per heavy atom. The Labute approximate surface area is 143 Å². The molecule has 2 N–H and O–H groups in total. The van der Waals surface area contributed by atoms with Gasteiger partial charge in [0, 0.05) is 24.7 Å². The Kier molecular flexibility index (Phi) is 7.46. The first-order valence-corrected chi connectivity index (χ1v) is 8.73. The van der Waals surface area contributed by atoms with Gasteiger partial charge in [-0.15, -0.1) is 0 Å². The van der Waals surface area contributed by atoms with E-state index in [-0.39, 0.29) is 31.5 Å². The van der Waals surface area contributed by atoms with Crippen molar-refractivity contribution in [2.24, 2.45) is 0 Å². The first kappa shape index (κ1) is 18.7. The number of benzene rings is 1. The number of nitrogens with one attached hydrogen (secondary N) is 1. The maximum Gasteiger partial charge on any atom is 0.317 e. The molecule has 1 aromatic carbocycles. The summed E-state index contributed by atoms with van der Waals surface area (Å²) in [5.74, 6) is -0.337. The highest BCUT2D eigenvalue weighted by molar-refractivity contribution is 5.74. The molecule has 0 unspecified atom stereocenters. The molecule has 2 rings (SSSR count). The Bertz CT molecular complexity index is 521. The van der Waals surface area contributed by atoms with Gasteiger partial charge in [-0.05, 0) is 45.3 Å². The monoisotopic (exact) mass is 337 g/mol. The number of hydrogen-bond donors (Lipinski definition) is 2. The summed E-state index contributed by atoms with van der Waals surface area (Å²) in [6.45, 7) is 5.23. The van der Waals surface area contributed by atoms with Gasteiger partial charge in [0.2, 0.25) is 0 Å². The molecule has 2 amide bonds. The van der Waals surface area contributed by atoms with E-state index in [9.17, 15) is 9.18 Å². The van der Waals surface area contributed by atoms with Crippen LogP contribution >= 0.6 is 0 Å². The molecule has 0 aliphatic carbocycles. The minimum absolute atomic E-state index is 0.147. The molecule has 0 bridgehead atoms. The van der Waals surface area contributed by atoms with Gasteiger partial charge < -0.3 is 20.2 Å². The summed E-state index contributed by atoms with van der Waals surface area (Å²) in [5.41, 5.74) is 0.450. The SMILES string of the molecule is C[C@H](CCNC(=O)N(CCO)Cc1ccccc1F)N1CCCC1. The molecule has 1 aromatic rings. The fourth-order valence-electron chi connectivity index (χ4n) is 3.07. The zero-order valence-electron chi connectivity index (χ0n) is 14.4. The van der Waals surface area contributed by atoms with E-state index in [4.69, 9.17) is 5.11 Å². The maximum atomic E-state index is 13.8. The van der Waals surface area contributed by atoms with Crippen LogP contribution in [0.25, 0.3) is 0 Å². The molecule has 1 saturated heterocycles. The zero-order chi connectivity index (χ0) is 17.4. The van der Waals surface area contributed by atoms with Crippen LogP contribution in [0.1, 0.15) is 31.7 Å². The van der Waals surface area contributed by atoms with Crippen molar-refractivity contribution >= 4 is 6.03 Å². The third-order valence-corrected chi connectivity index (χ3v) is 4.58. The van der Waals surface area contributed by atoms with Crippen molar-refractivity contribution in [2.45, 2.75) is 38.8 Å². The quantitative estimate of drug-likeness (QED) is 0.765. The van der Waals surface area contributed by atoms with E-state index in [1.54, 1.807) is 18.2 Å². The lowest BCUT2D eigenvalue weighted by Gasteiger charge is -2.25. The average Bonchev–Trinajstić information content (AvgIpc) is 3.10. The van der Waals surface area contributed by atoms with E-state index in [1.165, 1.54) is 23.8 Å². The van der Waals surface area contributed by atoms with E-state index in [1.807, 2.05) is 0 Å². The van der Waals surface area contributed by atoms with Crippen LogP contribution in [0.3, 0.4) is 0 Å². The van der Waals surface area contributed by atoms with Crippen LogP contribution in [0.15, 0.2) is 24.3 Å². The van der Waals surface area contributed by atoms with E-state index >= 15 is 0 Å². The van der Waals surface area contributed by atoms with Crippen LogP contribution in [0, 0.1) is 5.82 Å². The first-order valence-electron chi connectivity index (χ1n) is 8.73. The van der Waals surface area contributed by atoms with Crippen molar-refractivity contribution in [3.63, 3.8) is 0 Å². The van der Waals surface area contributed by atoms with Crippen LogP contribution in [0.4, 0.5) is 9.18 Å². The summed E-state index contributed by atoms with van der Waals surface area (Å²) in [6, 6.07) is 6.58. The molecule has 0 saturated carbocycles. The number of urea groups is 1. The molecule has 0 radical (unpaired) electrons. The zero-order valence-corrected chi connectivity index (χ0v) is 14.4. The number of rotatable bonds is 8. The molecule has 6 heteroatoms. The minimum atomic E-state index is -0.337. The molecule has 1 aliphatic rings. The lowest BCUT2D eigenvalue weighted by molar-refractivity contribution is 0.171. The van der Waals surface area contributed by atoms with Crippen molar-refractivity contribution < 1.29 is 14.3 Å². The molecule has 24 heavy (non-hydrogen) atoms. The van der Waals surface area contributed by atoms with E-state index < -0.39 is 0 Å². The number of halogens is 1. The van der Waals surface area contributed by atoms with Gasteiger partial charge >= 0.3 is 6.03 Å². The Balaban J connectivity index is 1.81. The van der Waals surface area contributed by atoms with Crippen molar-refractivity contribution in [2.75, 3.05) is 32.8 Å². The smallest absolute Gasteiger partial charge is 0.317 e. The average molecular weight is 337 g/mol. The van der Waals surface area contributed by atoms with Gasteiger partial charge in [-0.25, -0.2) is 9.18 Å². The Hall–Kier alpha value is -1.66. The van der Waals surface area contributed by atoms with Crippen molar-refractivity contribution in [1.82, 2.24) is 15.1 Å². The highest BCUT2D eigenvalue weighted by atomic mass is 19.1. The van der Waals surface area contributed by atoms with Crippen molar-refractivity contribution in [3.8, 4) is 0 Å². The van der Waals surface area contributed by atoms with Crippen LogP contribution in [0.5, 0.6) is 0 Å². The molecule has 134 valence electrons. The highest BCUT2D eigenvalue weighted by Gasteiger charge is 2.19. The number of carbonyl (C=O) groups excluding carboxylic acids is 1. The van der Waals surface area contributed by atoms with Gasteiger partial charge in [0.25, 0.3) is 0 Å². The normalized spacial score (nSPS) is 16.1. The minimum Gasteiger partial charge on any atom is -0.395 e. The second kappa shape index (κ2) is 9.59. The van der Waals surface area contributed by atoms with E-state index in [0.29, 0.717) is 18.2 Å². The van der Waals surface area contributed by atoms with Gasteiger partial charge in [0.1, 0.15) is 5.82 Å². The Morgan fingerprint density at radius 1 is 1.38 bits per heavy atom. The standard InChI is InChI=1S/C18H28FN3O2/c1-15(21-10-4-5-11-21)8-9-20-18(24)22(12-13-23)14-16-6-2-3-7-17(16)19/h2-3,6-7,15,23H,4-5,8-14H2,1H3,(H,20,24)/t15-/m1/s1. The van der Waals surface area contributed by atoms with E-state index in [0.717, 1.165) is 19.5 Å². The third-order valence-electron chi connectivity index (χ3n) is 4.58. The number of amides is 2. The van der Waals surface area contributed by atoms with Gasteiger partial charge in [-0.3, -0.25) is 0 Å². The lowest BCUT2D eigenvalue weighted by Crippen LogP contribution is -2.43. The number of aliphatic hydroxyl groups is 1. The van der Waals surface area contributed by atoms with Crippen LogP contribution in [-0.2, 0) is 6.54 Å². The third kappa shape index (κ3) is 5.46. The van der Waals surface area contributed by atoms with Crippen LogP contribution < -0.4 is 5.32 Å². The second-order valence-electron chi connectivity index (χ2n) is 6.35. The maximum absolute atomic E-state index is 13.8. The molecule has 1 aliphatic heterocycles. The van der Waals surface area contributed by atoms with Gasteiger partial charge in [-0.1, -0.05) is 18.2 Å². The predicted octanol–water partition coefficient (Wildman–Crippen LogP) is 2.20. The Morgan fingerprint density at radius 2 is 2.08 bits per heavy atom. The molecular formula is C18H28FN3O2. The van der Waals surface area contributed by atoms with Gasteiger partial charge in [0.05, 0.1) is 13.2 Å². The van der Waals surface area contributed by atoms with Crippen LogP contribution in [-0.4, -0.2) is 59.8 Å². The predicted molar refractivity (Wildman–Crippen MR) is 92.2 cm³/mol. The summed E-state index contributed by atoms with van der Waals surface area (Å²) >= 11 is 0. The molecule has 1 fully saturated rings. The van der Waals surface area contributed by atoms with E-state index in [2.05, 4.69) is 17.1 Å². The largest absolute Gasteiger partial charge is 0.395 e. The summed E-state index contributed by atoms with van der Waals surface area (Å²) in [5, 5.41) is 12.1. The molecule has 1 atom stereocenters. The number of hydrogen-bond acceptors (Lipinski definition) is 3. The summed E-state index contributed by atoms with van der Waals surface area (Å²) < 4.78 is 13.8. The lowest BCUT2D eigenvalue weighted by atomic mass is 10.2. The van der Waals surface area contributed by atoms with Gasteiger partial charge in [0.15, 0.2) is 0 Å². The van der Waals surface area contributed by atoms with Crippen molar-refractivity contribution in [1.29, 1.82) is 0 Å².